The van der Waals surface area contributed by atoms with Crippen molar-refractivity contribution in [2.45, 2.75) is 45.6 Å². The zero-order chi connectivity index (χ0) is 13.3. The normalized spacial score (nSPS) is 19.7. The number of aromatic nitrogens is 1. The molecular weight excluding hydrogens is 224 g/mol. The Morgan fingerprint density at radius 3 is 2.39 bits per heavy atom. The van der Waals surface area contributed by atoms with Crippen molar-refractivity contribution in [2.24, 2.45) is 5.41 Å². The largest absolute Gasteiger partial charge is 0.396 e. The van der Waals surface area contributed by atoms with Gasteiger partial charge in [-0.15, -0.1) is 0 Å². The minimum Gasteiger partial charge on any atom is -0.396 e. The summed E-state index contributed by atoms with van der Waals surface area (Å²) >= 11 is 0. The van der Waals surface area contributed by atoms with Crippen LogP contribution in [0, 0.1) is 5.41 Å². The van der Waals surface area contributed by atoms with Crippen molar-refractivity contribution in [3.8, 4) is 0 Å². The Hall–Kier alpha value is -1.45. The second kappa shape index (κ2) is 4.67. The Morgan fingerprint density at radius 1 is 1.22 bits per heavy atom. The lowest BCUT2D eigenvalue weighted by Crippen LogP contribution is -2.37. The number of anilines is 3. The van der Waals surface area contributed by atoms with Crippen molar-refractivity contribution < 1.29 is 0 Å². The van der Waals surface area contributed by atoms with Crippen LogP contribution in [0.25, 0.3) is 0 Å². The zero-order valence-corrected chi connectivity index (χ0v) is 11.6. The smallest absolute Gasteiger partial charge is 0.149 e. The molecule has 0 aliphatic heterocycles. The van der Waals surface area contributed by atoms with Gasteiger partial charge in [-0.3, -0.25) is 0 Å². The van der Waals surface area contributed by atoms with Crippen molar-refractivity contribution >= 4 is 17.3 Å². The van der Waals surface area contributed by atoms with Crippen molar-refractivity contribution in [1.29, 1.82) is 0 Å². The molecule has 1 aromatic rings. The molecule has 4 nitrogen and oxygen atoms in total. The molecule has 2 rings (SSSR count). The highest BCUT2D eigenvalue weighted by atomic mass is 15.2. The van der Waals surface area contributed by atoms with Crippen molar-refractivity contribution in [3.05, 3.63) is 12.1 Å². The lowest BCUT2D eigenvalue weighted by molar-refractivity contribution is 0.222. The van der Waals surface area contributed by atoms with Gasteiger partial charge in [0, 0.05) is 13.1 Å². The SMILES string of the molecule is CN(c1ccc(N)c(N)n1)C1CCC(C)(C)CC1. The van der Waals surface area contributed by atoms with E-state index in [1.165, 1.54) is 25.7 Å². The molecule has 0 atom stereocenters. The summed E-state index contributed by atoms with van der Waals surface area (Å²) in [5.74, 6) is 1.35. The predicted octanol–water partition coefficient (Wildman–Crippen LogP) is 2.65. The summed E-state index contributed by atoms with van der Waals surface area (Å²) in [5.41, 5.74) is 12.5. The van der Waals surface area contributed by atoms with Crippen LogP contribution >= 0.6 is 0 Å². The highest BCUT2D eigenvalue weighted by Crippen LogP contribution is 2.37. The van der Waals surface area contributed by atoms with Crippen LogP contribution in [0.15, 0.2) is 12.1 Å². The highest BCUT2D eigenvalue weighted by molar-refractivity contribution is 5.62. The van der Waals surface area contributed by atoms with E-state index in [0.29, 0.717) is 23.0 Å². The summed E-state index contributed by atoms with van der Waals surface area (Å²) in [6, 6.07) is 4.35. The van der Waals surface area contributed by atoms with Crippen LogP contribution in [0.4, 0.5) is 17.3 Å². The van der Waals surface area contributed by atoms with Gasteiger partial charge in [-0.1, -0.05) is 13.8 Å². The third kappa shape index (κ3) is 2.68. The first-order chi connectivity index (χ1) is 8.39. The molecule has 100 valence electrons. The fourth-order valence-corrected chi connectivity index (χ4v) is 2.63. The molecule has 0 radical (unpaired) electrons. The maximum Gasteiger partial charge on any atom is 0.149 e. The molecule has 1 heterocycles. The van der Waals surface area contributed by atoms with Gasteiger partial charge in [0.25, 0.3) is 0 Å². The van der Waals surface area contributed by atoms with Gasteiger partial charge in [0.2, 0.25) is 0 Å². The molecule has 1 aliphatic carbocycles. The molecule has 0 saturated heterocycles. The average molecular weight is 248 g/mol. The van der Waals surface area contributed by atoms with E-state index >= 15 is 0 Å². The summed E-state index contributed by atoms with van der Waals surface area (Å²) in [7, 11) is 2.10. The molecule has 4 N–H and O–H groups in total. The summed E-state index contributed by atoms with van der Waals surface area (Å²) < 4.78 is 0. The van der Waals surface area contributed by atoms with Crippen LogP contribution in [0.2, 0.25) is 0 Å². The van der Waals surface area contributed by atoms with E-state index in [-0.39, 0.29) is 0 Å². The molecule has 1 aliphatic rings. The van der Waals surface area contributed by atoms with Gasteiger partial charge in [-0.2, -0.15) is 0 Å². The standard InChI is InChI=1S/C14H24N4/c1-14(2)8-6-10(7-9-14)18(3)12-5-4-11(15)13(16)17-12/h4-5,10H,6-9,15H2,1-3H3,(H2,16,17). The van der Waals surface area contributed by atoms with E-state index in [0.717, 1.165) is 5.82 Å². The Kier molecular flexibility index (Phi) is 3.37. The first-order valence-electron chi connectivity index (χ1n) is 6.64. The molecule has 0 aromatic carbocycles. The monoisotopic (exact) mass is 248 g/mol. The van der Waals surface area contributed by atoms with E-state index in [1.54, 1.807) is 0 Å². The number of nitrogens with two attached hydrogens (primary N) is 2. The number of hydrogen-bond donors (Lipinski definition) is 2. The fourth-order valence-electron chi connectivity index (χ4n) is 2.63. The third-order valence-electron chi connectivity index (χ3n) is 4.16. The van der Waals surface area contributed by atoms with Crippen LogP contribution in [0.1, 0.15) is 39.5 Å². The Bertz CT molecular complexity index is 418. The Morgan fingerprint density at radius 2 is 1.83 bits per heavy atom. The number of pyridine rings is 1. The summed E-state index contributed by atoms with van der Waals surface area (Å²) in [5, 5.41) is 0. The first-order valence-corrected chi connectivity index (χ1v) is 6.64. The molecule has 0 unspecified atom stereocenters. The molecule has 1 fully saturated rings. The van der Waals surface area contributed by atoms with Crippen LogP contribution in [0.3, 0.4) is 0 Å². The molecule has 0 bridgehead atoms. The molecule has 1 saturated carbocycles. The highest BCUT2D eigenvalue weighted by Gasteiger charge is 2.29. The fraction of sp³-hybridized carbons (Fsp3) is 0.643. The summed E-state index contributed by atoms with van der Waals surface area (Å²) in [4.78, 5) is 6.60. The van der Waals surface area contributed by atoms with E-state index in [4.69, 9.17) is 11.5 Å². The van der Waals surface area contributed by atoms with Gasteiger partial charge in [0.15, 0.2) is 0 Å². The third-order valence-corrected chi connectivity index (χ3v) is 4.16. The van der Waals surface area contributed by atoms with Crippen molar-refractivity contribution in [3.63, 3.8) is 0 Å². The van der Waals surface area contributed by atoms with Crippen LogP contribution < -0.4 is 16.4 Å². The Labute approximate surface area is 109 Å². The second-order valence-corrected chi connectivity index (χ2v) is 6.15. The second-order valence-electron chi connectivity index (χ2n) is 6.15. The number of rotatable bonds is 2. The molecular formula is C14H24N4. The number of nitrogens with zero attached hydrogens (tertiary/aromatic N) is 2. The van der Waals surface area contributed by atoms with Crippen molar-refractivity contribution in [2.75, 3.05) is 23.4 Å². The first kappa shape index (κ1) is 13.0. The zero-order valence-electron chi connectivity index (χ0n) is 11.6. The topological polar surface area (TPSA) is 68.2 Å². The molecule has 1 aromatic heterocycles. The maximum absolute atomic E-state index is 5.77. The van der Waals surface area contributed by atoms with Gasteiger partial charge in [-0.05, 0) is 43.2 Å². The van der Waals surface area contributed by atoms with E-state index in [1.807, 2.05) is 12.1 Å². The lowest BCUT2D eigenvalue weighted by Gasteiger charge is -2.39. The van der Waals surface area contributed by atoms with Gasteiger partial charge in [-0.25, -0.2) is 4.98 Å². The van der Waals surface area contributed by atoms with Gasteiger partial charge >= 0.3 is 0 Å². The van der Waals surface area contributed by atoms with E-state index in [9.17, 15) is 0 Å². The maximum atomic E-state index is 5.77. The summed E-state index contributed by atoms with van der Waals surface area (Å²) in [6.45, 7) is 4.70. The van der Waals surface area contributed by atoms with Gasteiger partial charge < -0.3 is 16.4 Å². The lowest BCUT2D eigenvalue weighted by atomic mass is 9.75. The summed E-state index contributed by atoms with van der Waals surface area (Å²) in [6.07, 6.45) is 4.98. The van der Waals surface area contributed by atoms with Crippen molar-refractivity contribution in [1.82, 2.24) is 4.98 Å². The Balaban J connectivity index is 2.07. The van der Waals surface area contributed by atoms with Crippen LogP contribution in [-0.4, -0.2) is 18.1 Å². The number of hydrogen-bond acceptors (Lipinski definition) is 4. The molecule has 18 heavy (non-hydrogen) atoms. The van der Waals surface area contributed by atoms with Crippen LogP contribution in [0.5, 0.6) is 0 Å². The average Bonchev–Trinajstić information content (AvgIpc) is 2.32. The molecule has 0 spiro atoms. The minimum absolute atomic E-state index is 0.426. The molecule has 4 heteroatoms. The van der Waals surface area contributed by atoms with Gasteiger partial charge in [0.05, 0.1) is 5.69 Å². The quantitative estimate of drug-likeness (QED) is 0.844. The number of nitrogen functional groups attached to an aromatic ring is 2. The van der Waals surface area contributed by atoms with E-state index < -0.39 is 0 Å². The predicted molar refractivity (Wildman–Crippen MR) is 77.5 cm³/mol. The van der Waals surface area contributed by atoms with E-state index in [2.05, 4.69) is 30.8 Å². The van der Waals surface area contributed by atoms with Crippen LogP contribution in [-0.2, 0) is 0 Å². The minimum atomic E-state index is 0.426. The molecule has 0 amide bonds. The van der Waals surface area contributed by atoms with Gasteiger partial charge in [0.1, 0.15) is 11.6 Å².